The lowest BCUT2D eigenvalue weighted by molar-refractivity contribution is -0.146. The average molecular weight is 181 g/mol. The number of hydrogen-bond donors (Lipinski definition) is 2. The molecule has 0 spiro atoms. The Morgan fingerprint density at radius 1 is 1.62 bits per heavy atom. The third-order valence-electron chi connectivity index (χ3n) is 1.66. The summed E-state index contributed by atoms with van der Waals surface area (Å²) < 4.78 is 0. The number of carboxylic acids is 1. The quantitative estimate of drug-likeness (QED) is 0.707. The minimum absolute atomic E-state index is 0.0512. The Hall–Kier alpha value is -1.42. The van der Waals surface area contributed by atoms with Gasteiger partial charge in [0.05, 0.1) is 0 Å². The van der Waals surface area contributed by atoms with Crippen LogP contribution in [0, 0.1) is 6.92 Å². The maximum absolute atomic E-state index is 10.3. The zero-order chi connectivity index (χ0) is 9.84. The lowest BCUT2D eigenvalue weighted by atomic mass is 10.1. The molecule has 0 radical (unpaired) electrons. The van der Waals surface area contributed by atoms with Gasteiger partial charge in [-0.1, -0.05) is 6.07 Å². The molecule has 2 N–H and O–H groups in total. The van der Waals surface area contributed by atoms with Crippen LogP contribution in [0.5, 0.6) is 0 Å². The average Bonchev–Trinajstić information content (AvgIpc) is 2.08. The highest BCUT2D eigenvalue weighted by Gasteiger charge is 2.13. The van der Waals surface area contributed by atoms with Crippen molar-refractivity contribution < 1.29 is 15.0 Å². The molecule has 0 aliphatic rings. The van der Waals surface area contributed by atoms with Gasteiger partial charge in [-0.25, -0.2) is 4.79 Å². The molecule has 1 aromatic heterocycles. The highest BCUT2D eigenvalue weighted by Crippen LogP contribution is 2.02. The summed E-state index contributed by atoms with van der Waals surface area (Å²) in [5.74, 6) is -1.22. The van der Waals surface area contributed by atoms with Crippen molar-refractivity contribution in [3.63, 3.8) is 0 Å². The normalized spacial score (nSPS) is 12.5. The summed E-state index contributed by atoms with van der Waals surface area (Å²) in [5, 5.41) is 17.4. The van der Waals surface area contributed by atoms with Crippen molar-refractivity contribution in [2.75, 3.05) is 0 Å². The molecule has 1 aromatic rings. The molecule has 13 heavy (non-hydrogen) atoms. The molecule has 4 heteroatoms. The second kappa shape index (κ2) is 4.00. The van der Waals surface area contributed by atoms with E-state index in [-0.39, 0.29) is 6.42 Å². The third kappa shape index (κ3) is 2.83. The minimum Gasteiger partial charge on any atom is -0.479 e. The van der Waals surface area contributed by atoms with E-state index >= 15 is 0 Å². The second-order valence-electron chi connectivity index (χ2n) is 2.89. The van der Waals surface area contributed by atoms with Gasteiger partial charge in [-0.05, 0) is 18.6 Å². The first-order valence-electron chi connectivity index (χ1n) is 3.92. The van der Waals surface area contributed by atoms with E-state index in [0.29, 0.717) is 5.69 Å². The Morgan fingerprint density at radius 3 is 2.77 bits per heavy atom. The Kier molecular flexibility index (Phi) is 2.97. The molecule has 0 aromatic carbocycles. The van der Waals surface area contributed by atoms with Gasteiger partial charge in [-0.2, -0.15) is 0 Å². The van der Waals surface area contributed by atoms with Gasteiger partial charge in [-0.3, -0.25) is 4.98 Å². The zero-order valence-corrected chi connectivity index (χ0v) is 7.27. The van der Waals surface area contributed by atoms with E-state index in [2.05, 4.69) is 4.98 Å². The number of aromatic nitrogens is 1. The Balaban J connectivity index is 2.64. The van der Waals surface area contributed by atoms with Gasteiger partial charge in [0, 0.05) is 18.3 Å². The smallest absolute Gasteiger partial charge is 0.332 e. The van der Waals surface area contributed by atoms with Crippen LogP contribution in [0.1, 0.15) is 11.3 Å². The van der Waals surface area contributed by atoms with Gasteiger partial charge in [0.1, 0.15) is 0 Å². The third-order valence-corrected chi connectivity index (χ3v) is 1.66. The molecule has 0 bridgehead atoms. The number of aliphatic hydroxyl groups excluding tert-OH is 1. The Bertz CT molecular complexity index is 294. The van der Waals surface area contributed by atoms with E-state index in [1.165, 1.54) is 0 Å². The first-order chi connectivity index (χ1) is 6.09. The Labute approximate surface area is 75.9 Å². The molecule has 1 atom stereocenters. The maximum Gasteiger partial charge on any atom is 0.332 e. The summed E-state index contributed by atoms with van der Waals surface area (Å²) in [6, 6.07) is 3.54. The Morgan fingerprint density at radius 2 is 2.31 bits per heavy atom. The van der Waals surface area contributed by atoms with Gasteiger partial charge in [0.25, 0.3) is 0 Å². The first-order valence-corrected chi connectivity index (χ1v) is 3.92. The molecule has 0 aliphatic heterocycles. The van der Waals surface area contributed by atoms with E-state index in [9.17, 15) is 4.79 Å². The van der Waals surface area contributed by atoms with Gasteiger partial charge in [0.15, 0.2) is 6.10 Å². The van der Waals surface area contributed by atoms with Crippen molar-refractivity contribution >= 4 is 5.97 Å². The van der Waals surface area contributed by atoms with Crippen LogP contribution in [0.15, 0.2) is 18.3 Å². The highest BCUT2D eigenvalue weighted by molar-refractivity contribution is 5.72. The summed E-state index contributed by atoms with van der Waals surface area (Å²) >= 11 is 0. The number of rotatable bonds is 3. The van der Waals surface area contributed by atoms with E-state index in [1.54, 1.807) is 12.3 Å². The summed E-state index contributed by atoms with van der Waals surface area (Å²) in [4.78, 5) is 14.3. The predicted octanol–water partition coefficient (Wildman–Crippen LogP) is 0.378. The highest BCUT2D eigenvalue weighted by atomic mass is 16.4. The molecular weight excluding hydrogens is 170 g/mol. The summed E-state index contributed by atoms with van der Waals surface area (Å²) in [6.45, 7) is 1.89. The molecule has 0 fully saturated rings. The summed E-state index contributed by atoms with van der Waals surface area (Å²) in [5.41, 5.74) is 1.59. The van der Waals surface area contributed by atoms with Crippen LogP contribution in [-0.4, -0.2) is 27.3 Å². The van der Waals surface area contributed by atoms with Crippen molar-refractivity contribution in [3.05, 3.63) is 29.6 Å². The molecule has 1 rings (SSSR count). The monoisotopic (exact) mass is 181 g/mol. The molecule has 1 heterocycles. The first kappa shape index (κ1) is 9.67. The molecule has 4 nitrogen and oxygen atoms in total. The molecule has 1 unspecified atom stereocenters. The fourth-order valence-corrected chi connectivity index (χ4v) is 0.905. The maximum atomic E-state index is 10.3. The summed E-state index contributed by atoms with van der Waals surface area (Å²) in [7, 11) is 0. The molecule has 0 saturated carbocycles. The molecule has 70 valence electrons. The number of aliphatic hydroxyl groups is 1. The number of pyridine rings is 1. The largest absolute Gasteiger partial charge is 0.479 e. The van der Waals surface area contributed by atoms with Gasteiger partial charge in [0.2, 0.25) is 0 Å². The van der Waals surface area contributed by atoms with E-state index in [0.717, 1.165) is 5.56 Å². The minimum atomic E-state index is -1.37. The molecule has 0 amide bonds. The lowest BCUT2D eigenvalue weighted by Gasteiger charge is -2.04. The molecular formula is C9H11NO3. The molecule has 0 aliphatic carbocycles. The SMILES string of the molecule is Cc1ccc(CC(O)C(=O)O)nc1. The van der Waals surface area contributed by atoms with Crippen molar-refractivity contribution in [2.45, 2.75) is 19.4 Å². The zero-order valence-electron chi connectivity index (χ0n) is 7.27. The fraction of sp³-hybridized carbons (Fsp3) is 0.333. The number of nitrogens with zero attached hydrogens (tertiary/aromatic N) is 1. The van der Waals surface area contributed by atoms with E-state index < -0.39 is 12.1 Å². The van der Waals surface area contributed by atoms with Crippen LogP contribution >= 0.6 is 0 Å². The van der Waals surface area contributed by atoms with Crippen LogP contribution in [0.3, 0.4) is 0 Å². The van der Waals surface area contributed by atoms with E-state index in [1.807, 2.05) is 13.0 Å². The van der Waals surface area contributed by atoms with Crippen LogP contribution in [0.4, 0.5) is 0 Å². The number of carbonyl (C=O) groups is 1. The van der Waals surface area contributed by atoms with Crippen molar-refractivity contribution in [1.82, 2.24) is 4.98 Å². The van der Waals surface area contributed by atoms with Crippen molar-refractivity contribution in [3.8, 4) is 0 Å². The van der Waals surface area contributed by atoms with Crippen LogP contribution < -0.4 is 0 Å². The van der Waals surface area contributed by atoms with Crippen molar-refractivity contribution in [1.29, 1.82) is 0 Å². The number of hydrogen-bond acceptors (Lipinski definition) is 3. The summed E-state index contributed by atoms with van der Waals surface area (Å²) in [6.07, 6.45) is 0.328. The topological polar surface area (TPSA) is 70.4 Å². The standard InChI is InChI=1S/C9H11NO3/c1-6-2-3-7(10-5-6)4-8(11)9(12)13/h2-3,5,8,11H,4H2,1H3,(H,12,13). The second-order valence-corrected chi connectivity index (χ2v) is 2.89. The lowest BCUT2D eigenvalue weighted by Crippen LogP contribution is -2.22. The predicted molar refractivity (Wildman–Crippen MR) is 46.3 cm³/mol. The number of carboxylic acid groups (broad SMARTS) is 1. The molecule has 0 saturated heterocycles. The van der Waals surface area contributed by atoms with Crippen LogP contribution in [-0.2, 0) is 11.2 Å². The number of aliphatic carboxylic acids is 1. The van der Waals surface area contributed by atoms with Crippen LogP contribution in [0.2, 0.25) is 0 Å². The van der Waals surface area contributed by atoms with Crippen molar-refractivity contribution in [2.24, 2.45) is 0 Å². The number of aryl methyl sites for hydroxylation is 1. The van der Waals surface area contributed by atoms with Gasteiger partial charge in [-0.15, -0.1) is 0 Å². The fourth-order valence-electron chi connectivity index (χ4n) is 0.905. The van der Waals surface area contributed by atoms with Crippen LogP contribution in [0.25, 0.3) is 0 Å². The van der Waals surface area contributed by atoms with Gasteiger partial charge < -0.3 is 10.2 Å². The van der Waals surface area contributed by atoms with E-state index in [4.69, 9.17) is 10.2 Å². The van der Waals surface area contributed by atoms with Gasteiger partial charge >= 0.3 is 5.97 Å².